The van der Waals surface area contributed by atoms with Crippen molar-refractivity contribution >= 4 is 33.3 Å². The Morgan fingerprint density at radius 2 is 1.76 bits per heavy atom. The van der Waals surface area contributed by atoms with E-state index in [1.54, 1.807) is 31.3 Å². The number of rotatable bonds is 3. The number of para-hydroxylation sites is 2. The number of benzene rings is 2. The normalized spacial score (nSPS) is 14.2. The maximum Gasteiger partial charge on any atom is 0.337 e. The molecule has 1 aliphatic heterocycles. The Bertz CT molecular complexity index is 955. The quantitative estimate of drug-likeness (QED) is 0.777. The second-order valence-electron chi connectivity index (χ2n) is 5.47. The predicted octanol–water partition coefficient (Wildman–Crippen LogP) is 1.64. The topological polar surface area (TPSA) is 84.0 Å². The molecule has 0 spiro atoms. The minimum Gasteiger partial charge on any atom is -0.465 e. The van der Waals surface area contributed by atoms with Gasteiger partial charge >= 0.3 is 5.97 Å². The number of methoxy groups -OCH3 is 1. The van der Waals surface area contributed by atoms with Gasteiger partial charge in [-0.2, -0.15) is 0 Å². The molecule has 7 nitrogen and oxygen atoms in total. The summed E-state index contributed by atoms with van der Waals surface area (Å²) >= 11 is 0. The molecular weight excluding hydrogens is 344 g/mol. The van der Waals surface area contributed by atoms with E-state index in [1.807, 2.05) is 0 Å². The van der Waals surface area contributed by atoms with E-state index in [4.69, 9.17) is 0 Å². The van der Waals surface area contributed by atoms with Crippen molar-refractivity contribution < 1.29 is 22.7 Å². The number of amides is 1. The van der Waals surface area contributed by atoms with E-state index in [0.29, 0.717) is 11.4 Å². The van der Waals surface area contributed by atoms with Crippen molar-refractivity contribution in [3.63, 3.8) is 0 Å². The minimum absolute atomic E-state index is 0.0810. The van der Waals surface area contributed by atoms with Gasteiger partial charge in [0.2, 0.25) is 5.91 Å². The highest BCUT2D eigenvalue weighted by molar-refractivity contribution is 7.92. The van der Waals surface area contributed by atoms with Crippen molar-refractivity contribution in [2.45, 2.75) is 4.90 Å². The zero-order chi connectivity index (χ0) is 18.2. The van der Waals surface area contributed by atoms with Crippen LogP contribution in [0.3, 0.4) is 0 Å². The van der Waals surface area contributed by atoms with Crippen molar-refractivity contribution in [2.24, 2.45) is 0 Å². The molecule has 0 fully saturated rings. The Morgan fingerprint density at radius 1 is 1.08 bits per heavy atom. The molecule has 1 heterocycles. The summed E-state index contributed by atoms with van der Waals surface area (Å²) < 4.78 is 31.8. The molecule has 0 bridgehead atoms. The predicted molar refractivity (Wildman–Crippen MR) is 92.2 cm³/mol. The van der Waals surface area contributed by atoms with Crippen molar-refractivity contribution in [2.75, 3.05) is 29.9 Å². The molecule has 130 valence electrons. The molecule has 8 heteroatoms. The van der Waals surface area contributed by atoms with Crippen LogP contribution < -0.4 is 9.21 Å². The van der Waals surface area contributed by atoms with Gasteiger partial charge in [-0.25, -0.2) is 13.2 Å². The van der Waals surface area contributed by atoms with Gasteiger partial charge in [-0.1, -0.05) is 18.2 Å². The molecule has 2 aromatic rings. The van der Waals surface area contributed by atoms with Crippen LogP contribution in [0.4, 0.5) is 11.4 Å². The van der Waals surface area contributed by atoms with Crippen LogP contribution in [0.2, 0.25) is 0 Å². The first-order chi connectivity index (χ1) is 11.9. The lowest BCUT2D eigenvalue weighted by Gasteiger charge is -2.34. The van der Waals surface area contributed by atoms with Gasteiger partial charge in [-0.3, -0.25) is 9.10 Å². The summed E-state index contributed by atoms with van der Waals surface area (Å²) in [4.78, 5) is 25.2. The Hall–Kier alpha value is -2.87. The third kappa shape index (κ3) is 2.85. The van der Waals surface area contributed by atoms with E-state index in [-0.39, 0.29) is 22.9 Å². The summed E-state index contributed by atoms with van der Waals surface area (Å²) in [6, 6.07) is 12.3. The van der Waals surface area contributed by atoms with Crippen molar-refractivity contribution in [1.82, 2.24) is 0 Å². The summed E-state index contributed by atoms with van der Waals surface area (Å²) in [6.07, 6.45) is 0. The molecule has 0 saturated carbocycles. The Morgan fingerprint density at radius 3 is 2.44 bits per heavy atom. The molecule has 0 N–H and O–H groups in total. The largest absolute Gasteiger partial charge is 0.465 e. The molecule has 0 radical (unpaired) electrons. The van der Waals surface area contributed by atoms with Crippen molar-refractivity contribution in [3.05, 3.63) is 54.1 Å². The van der Waals surface area contributed by atoms with Crippen molar-refractivity contribution in [3.8, 4) is 0 Å². The Balaban J connectivity index is 2.11. The van der Waals surface area contributed by atoms with E-state index < -0.39 is 16.0 Å². The lowest BCUT2D eigenvalue weighted by Crippen LogP contribution is -2.46. The van der Waals surface area contributed by atoms with E-state index in [2.05, 4.69) is 4.74 Å². The third-order valence-corrected chi connectivity index (χ3v) is 5.76. The van der Waals surface area contributed by atoms with Crippen LogP contribution in [0.15, 0.2) is 53.4 Å². The van der Waals surface area contributed by atoms with Crippen LogP contribution >= 0.6 is 0 Å². The molecule has 3 rings (SSSR count). The molecular formula is C17H16N2O5S. The molecule has 1 amide bonds. The monoisotopic (exact) mass is 360 g/mol. The van der Waals surface area contributed by atoms with Gasteiger partial charge in [0.1, 0.15) is 6.54 Å². The minimum atomic E-state index is -4.02. The fraction of sp³-hybridized carbons (Fsp3) is 0.176. The molecule has 25 heavy (non-hydrogen) atoms. The summed E-state index contributed by atoms with van der Waals surface area (Å²) in [5.74, 6) is -0.974. The van der Waals surface area contributed by atoms with Crippen LogP contribution in [-0.4, -0.2) is 41.0 Å². The van der Waals surface area contributed by atoms with Gasteiger partial charge in [0.25, 0.3) is 10.0 Å². The molecule has 1 aliphatic rings. The average Bonchev–Trinajstić information content (AvgIpc) is 2.64. The molecule has 0 atom stereocenters. The summed E-state index contributed by atoms with van der Waals surface area (Å²) in [6.45, 7) is -0.307. The summed E-state index contributed by atoms with van der Waals surface area (Å²) in [5.41, 5.74) is 1.04. The number of anilines is 2. The first-order valence-electron chi connectivity index (χ1n) is 7.43. The third-order valence-electron chi connectivity index (χ3n) is 4.01. The lowest BCUT2D eigenvalue weighted by atomic mass is 10.2. The first-order valence-corrected chi connectivity index (χ1v) is 8.87. The Labute approximate surface area is 145 Å². The number of esters is 1. The molecule has 0 saturated heterocycles. The van der Waals surface area contributed by atoms with E-state index in [1.165, 1.54) is 36.3 Å². The second kappa shape index (κ2) is 6.21. The number of likely N-dealkylation sites (N-methyl/N-ethyl adjacent to an activating group) is 1. The maximum atomic E-state index is 13.1. The maximum absolute atomic E-state index is 13.1. The van der Waals surface area contributed by atoms with E-state index in [0.717, 1.165) is 4.31 Å². The van der Waals surface area contributed by atoms with Gasteiger partial charge in [-0.05, 0) is 30.3 Å². The number of sulfonamides is 1. The zero-order valence-corrected chi connectivity index (χ0v) is 14.5. The summed E-state index contributed by atoms with van der Waals surface area (Å²) in [5, 5.41) is 0. The summed E-state index contributed by atoms with van der Waals surface area (Å²) in [7, 11) is -1.20. The van der Waals surface area contributed by atoms with Gasteiger partial charge in [0.15, 0.2) is 0 Å². The van der Waals surface area contributed by atoms with Crippen LogP contribution in [0.1, 0.15) is 10.4 Å². The molecule has 0 aliphatic carbocycles. The average molecular weight is 360 g/mol. The second-order valence-corrected chi connectivity index (χ2v) is 7.33. The van der Waals surface area contributed by atoms with Crippen molar-refractivity contribution in [1.29, 1.82) is 0 Å². The molecule has 0 aromatic heterocycles. The zero-order valence-electron chi connectivity index (χ0n) is 13.7. The number of hydrogen-bond donors (Lipinski definition) is 0. The first kappa shape index (κ1) is 17.0. The standard InChI is InChI=1S/C17H16N2O5S/c1-18-14-8-3-4-9-15(14)19(11-16(18)20)25(22,23)13-7-5-6-12(10-13)17(21)24-2/h3-10H,11H2,1-2H3. The molecule has 2 aromatic carbocycles. The number of carbonyl (C=O) groups is 2. The van der Waals surface area contributed by atoms with Crippen LogP contribution in [0, 0.1) is 0 Å². The SMILES string of the molecule is COC(=O)c1cccc(S(=O)(=O)N2CC(=O)N(C)c3ccccc32)c1. The van der Waals surface area contributed by atoms with Crippen LogP contribution in [0.25, 0.3) is 0 Å². The number of fused-ring (bicyclic) bond motifs is 1. The number of nitrogens with zero attached hydrogens (tertiary/aromatic N) is 2. The van der Waals surface area contributed by atoms with E-state index >= 15 is 0 Å². The number of hydrogen-bond acceptors (Lipinski definition) is 5. The Kier molecular flexibility index (Phi) is 4.22. The molecule has 0 unspecified atom stereocenters. The highest BCUT2D eigenvalue weighted by Gasteiger charge is 2.35. The fourth-order valence-corrected chi connectivity index (χ4v) is 4.12. The van der Waals surface area contributed by atoms with Crippen LogP contribution in [-0.2, 0) is 19.6 Å². The van der Waals surface area contributed by atoms with E-state index in [9.17, 15) is 18.0 Å². The fourth-order valence-electron chi connectivity index (χ4n) is 2.65. The number of carbonyl (C=O) groups excluding carboxylic acids is 2. The van der Waals surface area contributed by atoms with Crippen LogP contribution in [0.5, 0.6) is 0 Å². The van der Waals surface area contributed by atoms with Gasteiger partial charge < -0.3 is 9.64 Å². The lowest BCUT2D eigenvalue weighted by molar-refractivity contribution is -0.117. The van der Waals surface area contributed by atoms with Gasteiger partial charge in [-0.15, -0.1) is 0 Å². The smallest absolute Gasteiger partial charge is 0.337 e. The van der Waals surface area contributed by atoms with Gasteiger partial charge in [0, 0.05) is 7.05 Å². The highest BCUT2D eigenvalue weighted by atomic mass is 32.2. The number of ether oxygens (including phenoxy) is 1. The van der Waals surface area contributed by atoms with Gasteiger partial charge in [0.05, 0.1) is 28.9 Å². The highest BCUT2D eigenvalue weighted by Crippen LogP contribution is 2.36.